The van der Waals surface area contributed by atoms with Crippen LogP contribution in [0.15, 0.2) is 0 Å². The molecule has 2 saturated heterocycles. The van der Waals surface area contributed by atoms with Crippen molar-refractivity contribution < 1.29 is 14.3 Å². The fraction of sp³-hybridized carbons (Fsp3) is 0.895. The molecule has 7 heteroatoms. The molecule has 0 unspecified atom stereocenters. The number of hydrogen-bond acceptors (Lipinski definition) is 5. The van der Waals surface area contributed by atoms with Gasteiger partial charge in [-0.15, -0.1) is 0 Å². The van der Waals surface area contributed by atoms with Gasteiger partial charge >= 0.3 is 0 Å². The highest BCUT2D eigenvalue weighted by Gasteiger charge is 2.32. The topological polar surface area (TPSA) is 65.1 Å². The summed E-state index contributed by atoms with van der Waals surface area (Å²) in [5.74, 6) is 0.651. The Bertz CT molecular complexity index is 452. The van der Waals surface area contributed by atoms with Crippen LogP contribution in [0.5, 0.6) is 0 Å². The fourth-order valence-electron chi connectivity index (χ4n) is 3.48. The number of hydrogen-bond donors (Lipinski definition) is 1. The summed E-state index contributed by atoms with van der Waals surface area (Å²) in [7, 11) is 1.85. The number of nitrogens with one attached hydrogen (secondary N) is 1. The summed E-state index contributed by atoms with van der Waals surface area (Å²) >= 11 is 0. The summed E-state index contributed by atoms with van der Waals surface area (Å²) in [5.41, 5.74) is 0. The van der Waals surface area contributed by atoms with Crippen LogP contribution in [0.3, 0.4) is 0 Å². The minimum Gasteiger partial charge on any atom is -0.379 e. The summed E-state index contributed by atoms with van der Waals surface area (Å²) in [4.78, 5) is 31.2. The van der Waals surface area contributed by atoms with E-state index in [1.165, 1.54) is 0 Å². The summed E-state index contributed by atoms with van der Waals surface area (Å²) in [6.45, 7) is 12.0. The molecular formula is C19H36N4O3. The molecule has 1 atom stereocenters. The molecule has 0 spiro atoms. The van der Waals surface area contributed by atoms with Crippen molar-refractivity contribution in [2.75, 3.05) is 66.1 Å². The van der Waals surface area contributed by atoms with E-state index in [0.717, 1.165) is 65.3 Å². The van der Waals surface area contributed by atoms with E-state index in [4.69, 9.17) is 4.74 Å². The average Bonchev–Trinajstić information content (AvgIpc) is 2.62. The van der Waals surface area contributed by atoms with E-state index in [0.29, 0.717) is 12.5 Å². The van der Waals surface area contributed by atoms with Crippen LogP contribution >= 0.6 is 0 Å². The van der Waals surface area contributed by atoms with Gasteiger partial charge < -0.3 is 15.0 Å². The second kappa shape index (κ2) is 10.8. The number of rotatable bonds is 9. The number of ether oxygens (including phenoxy) is 1. The van der Waals surface area contributed by atoms with Crippen molar-refractivity contribution >= 4 is 11.8 Å². The van der Waals surface area contributed by atoms with Crippen molar-refractivity contribution in [2.24, 2.45) is 5.92 Å². The molecule has 0 radical (unpaired) electrons. The van der Waals surface area contributed by atoms with Gasteiger partial charge in [-0.25, -0.2) is 0 Å². The molecule has 2 fully saturated rings. The van der Waals surface area contributed by atoms with Crippen LogP contribution < -0.4 is 5.32 Å². The van der Waals surface area contributed by atoms with Crippen LogP contribution in [-0.2, 0) is 14.3 Å². The number of morpholine rings is 1. The average molecular weight is 369 g/mol. The second-order valence-electron chi connectivity index (χ2n) is 7.85. The van der Waals surface area contributed by atoms with E-state index in [-0.39, 0.29) is 24.3 Å². The zero-order valence-electron chi connectivity index (χ0n) is 16.7. The lowest BCUT2D eigenvalue weighted by atomic mass is 10.0. The highest BCUT2D eigenvalue weighted by Crippen LogP contribution is 2.13. The fourth-order valence-corrected chi connectivity index (χ4v) is 3.48. The summed E-state index contributed by atoms with van der Waals surface area (Å²) < 4.78 is 5.36. The first kappa shape index (κ1) is 21.1. The Morgan fingerprint density at radius 1 is 1.27 bits per heavy atom. The van der Waals surface area contributed by atoms with Crippen LogP contribution in [-0.4, -0.2) is 98.6 Å². The molecule has 0 aromatic heterocycles. The van der Waals surface area contributed by atoms with Crippen LogP contribution in [0, 0.1) is 5.92 Å². The molecule has 2 aliphatic rings. The van der Waals surface area contributed by atoms with E-state index >= 15 is 0 Å². The molecule has 7 nitrogen and oxygen atoms in total. The molecule has 150 valence electrons. The van der Waals surface area contributed by atoms with Gasteiger partial charge in [0, 0.05) is 46.3 Å². The lowest BCUT2D eigenvalue weighted by Gasteiger charge is -2.35. The lowest BCUT2D eigenvalue weighted by molar-refractivity contribution is -0.138. The molecule has 0 aromatic carbocycles. The standard InChI is InChI=1S/C19H36N4O3/c1-16(2)5-9-23-10-6-20-19(25)17(23)15-18(24)21(3)7-4-8-22-11-13-26-14-12-22/h16-17H,4-15H2,1-3H3,(H,20,25)/t17-/m0/s1. The van der Waals surface area contributed by atoms with Crippen molar-refractivity contribution in [1.82, 2.24) is 20.0 Å². The molecule has 0 aliphatic carbocycles. The minimum atomic E-state index is -0.323. The summed E-state index contributed by atoms with van der Waals surface area (Å²) in [6.07, 6.45) is 2.28. The van der Waals surface area contributed by atoms with Crippen molar-refractivity contribution in [3.63, 3.8) is 0 Å². The molecule has 1 N–H and O–H groups in total. The molecule has 0 saturated carbocycles. The first-order valence-corrected chi connectivity index (χ1v) is 10.0. The van der Waals surface area contributed by atoms with E-state index in [2.05, 4.69) is 29.0 Å². The second-order valence-corrected chi connectivity index (χ2v) is 7.85. The molecule has 2 aliphatic heterocycles. The molecule has 26 heavy (non-hydrogen) atoms. The number of carbonyl (C=O) groups is 2. The molecule has 0 bridgehead atoms. The highest BCUT2D eigenvalue weighted by molar-refractivity contribution is 5.88. The first-order valence-electron chi connectivity index (χ1n) is 10.0. The predicted octanol–water partition coefficient (Wildman–Crippen LogP) is 0.404. The van der Waals surface area contributed by atoms with Crippen LogP contribution in [0.25, 0.3) is 0 Å². The number of nitrogens with zero attached hydrogens (tertiary/aromatic N) is 3. The van der Waals surface area contributed by atoms with Gasteiger partial charge in [0.25, 0.3) is 0 Å². The van der Waals surface area contributed by atoms with Gasteiger partial charge in [0.1, 0.15) is 0 Å². The normalized spacial score (nSPS) is 22.5. The van der Waals surface area contributed by atoms with Gasteiger partial charge in [-0.1, -0.05) is 13.8 Å². The highest BCUT2D eigenvalue weighted by atomic mass is 16.5. The molecule has 2 rings (SSSR count). The third-order valence-electron chi connectivity index (χ3n) is 5.30. The number of carbonyl (C=O) groups excluding carboxylic acids is 2. The Morgan fingerprint density at radius 2 is 2.00 bits per heavy atom. The van der Waals surface area contributed by atoms with E-state index in [1.807, 2.05) is 7.05 Å². The lowest BCUT2D eigenvalue weighted by Crippen LogP contribution is -2.56. The van der Waals surface area contributed by atoms with Crippen molar-refractivity contribution in [3.05, 3.63) is 0 Å². The minimum absolute atomic E-state index is 0.00456. The molecule has 2 amide bonds. The Kier molecular flexibility index (Phi) is 8.81. The van der Waals surface area contributed by atoms with Gasteiger partial charge in [0.2, 0.25) is 11.8 Å². The Hall–Kier alpha value is -1.18. The van der Waals surface area contributed by atoms with Gasteiger partial charge in [-0.2, -0.15) is 0 Å². The maximum absolute atomic E-state index is 12.6. The third-order valence-corrected chi connectivity index (χ3v) is 5.30. The van der Waals surface area contributed by atoms with Crippen molar-refractivity contribution in [3.8, 4) is 0 Å². The van der Waals surface area contributed by atoms with Gasteiger partial charge in [-0.05, 0) is 25.3 Å². The Balaban J connectivity index is 1.76. The summed E-state index contributed by atoms with van der Waals surface area (Å²) in [5, 5.41) is 2.91. The molecular weight excluding hydrogens is 332 g/mol. The quantitative estimate of drug-likeness (QED) is 0.638. The van der Waals surface area contributed by atoms with E-state index in [1.54, 1.807) is 4.90 Å². The third kappa shape index (κ3) is 6.85. The predicted molar refractivity (Wildman–Crippen MR) is 102 cm³/mol. The largest absolute Gasteiger partial charge is 0.379 e. The van der Waals surface area contributed by atoms with Crippen LogP contribution in [0.4, 0.5) is 0 Å². The van der Waals surface area contributed by atoms with Crippen LogP contribution in [0.1, 0.15) is 33.1 Å². The molecule has 2 heterocycles. The smallest absolute Gasteiger partial charge is 0.237 e. The van der Waals surface area contributed by atoms with E-state index < -0.39 is 0 Å². The van der Waals surface area contributed by atoms with Crippen molar-refractivity contribution in [2.45, 2.75) is 39.2 Å². The Morgan fingerprint density at radius 3 is 2.69 bits per heavy atom. The number of piperazine rings is 1. The SMILES string of the molecule is CC(C)CCN1CCNC(=O)[C@@H]1CC(=O)N(C)CCCN1CCOCC1. The zero-order valence-corrected chi connectivity index (χ0v) is 16.7. The van der Waals surface area contributed by atoms with Gasteiger partial charge in [0.05, 0.1) is 25.7 Å². The summed E-state index contributed by atoms with van der Waals surface area (Å²) in [6, 6.07) is -0.323. The monoisotopic (exact) mass is 368 g/mol. The van der Waals surface area contributed by atoms with Gasteiger partial charge in [0.15, 0.2) is 0 Å². The maximum atomic E-state index is 12.6. The number of amides is 2. The Labute approximate surface area is 158 Å². The first-order chi connectivity index (χ1) is 12.5. The van der Waals surface area contributed by atoms with Crippen molar-refractivity contribution in [1.29, 1.82) is 0 Å². The van der Waals surface area contributed by atoms with E-state index in [9.17, 15) is 9.59 Å². The maximum Gasteiger partial charge on any atom is 0.237 e. The van der Waals surface area contributed by atoms with Gasteiger partial charge in [-0.3, -0.25) is 19.4 Å². The van der Waals surface area contributed by atoms with Crippen LogP contribution in [0.2, 0.25) is 0 Å². The zero-order chi connectivity index (χ0) is 18.9. The molecule has 0 aromatic rings.